The Balaban J connectivity index is 1.87. The van der Waals surface area contributed by atoms with Crippen LogP contribution in [-0.2, 0) is 0 Å². The molecule has 0 aromatic heterocycles. The molecule has 3 atom stereocenters. The molecule has 0 N–H and O–H groups in total. The van der Waals surface area contributed by atoms with E-state index in [1.165, 1.54) is 39.1 Å². The van der Waals surface area contributed by atoms with Crippen molar-refractivity contribution in [1.82, 2.24) is 9.80 Å². The van der Waals surface area contributed by atoms with Gasteiger partial charge in [0.2, 0.25) is 0 Å². The van der Waals surface area contributed by atoms with Crippen molar-refractivity contribution in [3.63, 3.8) is 0 Å². The summed E-state index contributed by atoms with van der Waals surface area (Å²) in [6.45, 7) is 13.6. The van der Waals surface area contributed by atoms with Gasteiger partial charge in [0.1, 0.15) is 0 Å². The van der Waals surface area contributed by atoms with Crippen LogP contribution in [0.15, 0.2) is 0 Å². The van der Waals surface area contributed by atoms with E-state index >= 15 is 0 Å². The average molecular weight is 196 g/mol. The van der Waals surface area contributed by atoms with Crippen LogP contribution in [0, 0.1) is 11.8 Å². The molecule has 14 heavy (non-hydrogen) atoms. The van der Waals surface area contributed by atoms with E-state index < -0.39 is 0 Å². The van der Waals surface area contributed by atoms with Crippen LogP contribution in [0.2, 0.25) is 0 Å². The Morgan fingerprint density at radius 3 is 2.07 bits per heavy atom. The fourth-order valence-electron chi connectivity index (χ4n) is 3.00. The summed E-state index contributed by atoms with van der Waals surface area (Å²) in [5.74, 6) is 1.95. The maximum atomic E-state index is 2.70. The molecule has 0 aliphatic carbocycles. The highest BCUT2D eigenvalue weighted by Gasteiger charge is 2.40. The lowest BCUT2D eigenvalue weighted by atomic mass is 10.0. The lowest BCUT2D eigenvalue weighted by Crippen LogP contribution is -2.34. The highest BCUT2D eigenvalue weighted by Crippen LogP contribution is 2.32. The van der Waals surface area contributed by atoms with Crippen LogP contribution in [0.25, 0.3) is 0 Å². The van der Waals surface area contributed by atoms with E-state index in [0.717, 1.165) is 17.9 Å². The molecular formula is C12H24N2. The van der Waals surface area contributed by atoms with E-state index in [9.17, 15) is 0 Å². The first-order valence-electron chi connectivity index (χ1n) is 6.21. The molecule has 2 aliphatic rings. The van der Waals surface area contributed by atoms with Gasteiger partial charge in [-0.1, -0.05) is 13.8 Å². The minimum Gasteiger partial charge on any atom is -0.303 e. The van der Waals surface area contributed by atoms with Crippen LogP contribution >= 0.6 is 0 Å². The number of rotatable bonds is 3. The molecule has 2 fully saturated rings. The van der Waals surface area contributed by atoms with Crippen molar-refractivity contribution in [3.8, 4) is 0 Å². The smallest absolute Gasteiger partial charge is 0.00645 e. The summed E-state index contributed by atoms with van der Waals surface area (Å²) < 4.78 is 0. The van der Waals surface area contributed by atoms with Gasteiger partial charge < -0.3 is 9.80 Å². The average Bonchev–Trinajstić information content (AvgIpc) is 2.72. The summed E-state index contributed by atoms with van der Waals surface area (Å²) >= 11 is 0. The molecule has 0 saturated carbocycles. The van der Waals surface area contributed by atoms with E-state index in [2.05, 4.69) is 30.6 Å². The van der Waals surface area contributed by atoms with Crippen molar-refractivity contribution in [2.24, 2.45) is 11.8 Å². The molecule has 0 amide bonds. The Morgan fingerprint density at radius 2 is 1.64 bits per heavy atom. The highest BCUT2D eigenvalue weighted by atomic mass is 15.2. The van der Waals surface area contributed by atoms with Crippen LogP contribution < -0.4 is 0 Å². The predicted octanol–water partition coefficient (Wildman–Crippen LogP) is 1.67. The van der Waals surface area contributed by atoms with Crippen LogP contribution in [0.1, 0.15) is 27.2 Å². The van der Waals surface area contributed by atoms with Gasteiger partial charge in [0.05, 0.1) is 0 Å². The Bertz CT molecular complexity index is 179. The van der Waals surface area contributed by atoms with Crippen LogP contribution in [0.4, 0.5) is 0 Å². The van der Waals surface area contributed by atoms with Gasteiger partial charge in [0, 0.05) is 32.2 Å². The molecule has 2 nitrogen and oxygen atoms in total. The van der Waals surface area contributed by atoms with Crippen molar-refractivity contribution < 1.29 is 0 Å². The van der Waals surface area contributed by atoms with Crippen molar-refractivity contribution in [2.75, 3.05) is 32.7 Å². The molecular weight excluding hydrogens is 172 g/mol. The Hall–Kier alpha value is -0.0800. The SMILES string of the molecule is CCC(C)N1CC2CN(CC)CC2C1. The number of hydrogen-bond donors (Lipinski definition) is 0. The molecule has 2 saturated heterocycles. The second-order valence-electron chi connectivity index (χ2n) is 5.08. The first kappa shape index (κ1) is 10.4. The van der Waals surface area contributed by atoms with E-state index in [1.807, 2.05) is 0 Å². The summed E-state index contributed by atoms with van der Waals surface area (Å²) in [7, 11) is 0. The molecule has 0 aromatic rings. The van der Waals surface area contributed by atoms with Crippen molar-refractivity contribution >= 4 is 0 Å². The number of nitrogens with zero attached hydrogens (tertiary/aromatic N) is 2. The Morgan fingerprint density at radius 1 is 1.07 bits per heavy atom. The molecule has 0 bridgehead atoms. The summed E-state index contributed by atoms with van der Waals surface area (Å²) in [5, 5.41) is 0. The molecule has 2 heterocycles. The zero-order valence-corrected chi connectivity index (χ0v) is 9.87. The van der Waals surface area contributed by atoms with E-state index in [4.69, 9.17) is 0 Å². The van der Waals surface area contributed by atoms with Gasteiger partial charge in [0.25, 0.3) is 0 Å². The number of hydrogen-bond acceptors (Lipinski definition) is 2. The molecule has 3 unspecified atom stereocenters. The fourth-order valence-corrected chi connectivity index (χ4v) is 3.00. The third-order valence-electron chi connectivity index (χ3n) is 4.25. The molecule has 82 valence electrons. The van der Waals surface area contributed by atoms with E-state index in [-0.39, 0.29) is 0 Å². The van der Waals surface area contributed by atoms with Gasteiger partial charge in [-0.25, -0.2) is 0 Å². The van der Waals surface area contributed by atoms with Crippen molar-refractivity contribution in [2.45, 2.75) is 33.2 Å². The third-order valence-corrected chi connectivity index (χ3v) is 4.25. The highest BCUT2D eigenvalue weighted by molar-refractivity contribution is 4.93. The van der Waals surface area contributed by atoms with Gasteiger partial charge in [-0.05, 0) is 31.7 Å². The molecule has 0 aromatic carbocycles. The maximum absolute atomic E-state index is 2.70. The zero-order chi connectivity index (χ0) is 10.1. The number of fused-ring (bicyclic) bond motifs is 1. The second-order valence-corrected chi connectivity index (χ2v) is 5.08. The second kappa shape index (κ2) is 4.19. The Kier molecular flexibility index (Phi) is 3.13. The summed E-state index contributed by atoms with van der Waals surface area (Å²) in [4.78, 5) is 5.31. The summed E-state index contributed by atoms with van der Waals surface area (Å²) in [6.07, 6.45) is 1.30. The maximum Gasteiger partial charge on any atom is 0.00645 e. The molecule has 2 heteroatoms. The van der Waals surface area contributed by atoms with Gasteiger partial charge in [0.15, 0.2) is 0 Å². The molecule has 0 spiro atoms. The largest absolute Gasteiger partial charge is 0.303 e. The normalized spacial score (nSPS) is 36.2. The quantitative estimate of drug-likeness (QED) is 0.677. The molecule has 0 radical (unpaired) electrons. The van der Waals surface area contributed by atoms with Crippen LogP contribution in [0.3, 0.4) is 0 Å². The first-order valence-corrected chi connectivity index (χ1v) is 6.21. The van der Waals surface area contributed by atoms with Gasteiger partial charge in [-0.3, -0.25) is 0 Å². The minimum atomic E-state index is 0.802. The minimum absolute atomic E-state index is 0.802. The van der Waals surface area contributed by atoms with Gasteiger partial charge in [-0.15, -0.1) is 0 Å². The standard InChI is InChI=1S/C12H24N2/c1-4-10(3)14-8-11-6-13(5-2)7-12(11)9-14/h10-12H,4-9H2,1-3H3. The fraction of sp³-hybridized carbons (Fsp3) is 1.00. The monoisotopic (exact) mass is 196 g/mol. The van der Waals surface area contributed by atoms with Crippen LogP contribution in [0.5, 0.6) is 0 Å². The molecule has 2 aliphatic heterocycles. The first-order chi connectivity index (χ1) is 6.74. The lowest BCUT2D eigenvalue weighted by molar-refractivity contribution is 0.212. The predicted molar refractivity (Wildman–Crippen MR) is 60.4 cm³/mol. The Labute approximate surface area is 88.3 Å². The number of likely N-dealkylation sites (tertiary alicyclic amines) is 2. The van der Waals surface area contributed by atoms with E-state index in [1.54, 1.807) is 0 Å². The molecule has 2 rings (SSSR count). The van der Waals surface area contributed by atoms with Crippen LogP contribution in [-0.4, -0.2) is 48.6 Å². The summed E-state index contributed by atoms with van der Waals surface area (Å²) in [6, 6.07) is 0.802. The summed E-state index contributed by atoms with van der Waals surface area (Å²) in [5.41, 5.74) is 0. The zero-order valence-electron chi connectivity index (χ0n) is 9.87. The van der Waals surface area contributed by atoms with Gasteiger partial charge in [-0.2, -0.15) is 0 Å². The topological polar surface area (TPSA) is 6.48 Å². The van der Waals surface area contributed by atoms with Gasteiger partial charge >= 0.3 is 0 Å². The lowest BCUT2D eigenvalue weighted by Gasteiger charge is -2.25. The third kappa shape index (κ3) is 1.82. The van der Waals surface area contributed by atoms with Crippen molar-refractivity contribution in [1.29, 1.82) is 0 Å². The van der Waals surface area contributed by atoms with Crippen molar-refractivity contribution in [3.05, 3.63) is 0 Å². The van der Waals surface area contributed by atoms with E-state index in [0.29, 0.717) is 0 Å².